The lowest BCUT2D eigenvalue weighted by Gasteiger charge is -2.22. The number of aromatic nitrogens is 4. The topological polar surface area (TPSA) is 67.2 Å². The highest BCUT2D eigenvalue weighted by Crippen LogP contribution is 2.33. The SMILES string of the molecule is Cc1cc(Cl)cc2sc(N(CCN(C)C)C(=O)Cn3nnc4ccccc43)nc12. The molecule has 0 unspecified atom stereocenters. The first kappa shape index (κ1) is 19.8. The monoisotopic (exact) mass is 428 g/mol. The molecule has 0 aliphatic rings. The van der Waals surface area contributed by atoms with Crippen molar-refractivity contribution in [3.63, 3.8) is 0 Å². The largest absolute Gasteiger partial charge is 0.308 e. The summed E-state index contributed by atoms with van der Waals surface area (Å²) in [5.74, 6) is -0.0784. The smallest absolute Gasteiger partial charge is 0.250 e. The first-order valence-electron chi connectivity index (χ1n) is 9.22. The molecule has 2 aromatic heterocycles. The number of likely N-dealkylation sites (N-methyl/N-ethyl adjacent to an activating group) is 1. The number of halogens is 1. The van der Waals surface area contributed by atoms with Crippen molar-refractivity contribution in [2.75, 3.05) is 32.1 Å². The highest BCUT2D eigenvalue weighted by molar-refractivity contribution is 7.22. The Hall–Kier alpha value is -2.55. The molecule has 2 heterocycles. The van der Waals surface area contributed by atoms with Gasteiger partial charge in [-0.2, -0.15) is 0 Å². The Labute approximate surface area is 177 Å². The number of hydrogen-bond acceptors (Lipinski definition) is 6. The second-order valence-corrected chi connectivity index (χ2v) is 8.60. The number of rotatable bonds is 6. The fraction of sp³-hybridized carbons (Fsp3) is 0.300. The number of thiazole rings is 1. The van der Waals surface area contributed by atoms with Gasteiger partial charge in [-0.15, -0.1) is 5.10 Å². The maximum atomic E-state index is 13.3. The second kappa shape index (κ2) is 8.06. The molecule has 0 saturated heterocycles. The molecular weight excluding hydrogens is 408 g/mol. The number of anilines is 1. The summed E-state index contributed by atoms with van der Waals surface area (Å²) in [4.78, 5) is 21.8. The van der Waals surface area contributed by atoms with Crippen LogP contribution in [0, 0.1) is 6.92 Å². The van der Waals surface area contributed by atoms with E-state index in [1.165, 1.54) is 11.3 Å². The standard InChI is InChI=1S/C20H21ClN6OS/c1-13-10-14(21)11-17-19(13)22-20(29-17)26(9-8-25(2)3)18(28)12-27-16-7-5-4-6-15(16)23-24-27/h4-7,10-11H,8-9,12H2,1-3H3. The summed E-state index contributed by atoms with van der Waals surface area (Å²) in [6.45, 7) is 3.33. The summed E-state index contributed by atoms with van der Waals surface area (Å²) in [7, 11) is 3.96. The van der Waals surface area contributed by atoms with E-state index in [2.05, 4.69) is 10.3 Å². The summed E-state index contributed by atoms with van der Waals surface area (Å²) in [6, 6.07) is 11.4. The molecule has 0 radical (unpaired) electrons. The normalized spacial score (nSPS) is 11.6. The molecule has 1 amide bonds. The average Bonchev–Trinajstić information content (AvgIpc) is 3.26. The molecular formula is C20H21ClN6OS. The van der Waals surface area contributed by atoms with Crippen LogP contribution in [0.2, 0.25) is 5.02 Å². The lowest BCUT2D eigenvalue weighted by Crippen LogP contribution is -2.38. The third-order valence-corrected chi connectivity index (χ3v) is 5.89. The zero-order valence-electron chi connectivity index (χ0n) is 16.5. The Morgan fingerprint density at radius 2 is 2.00 bits per heavy atom. The Bertz CT molecular complexity index is 1180. The van der Waals surface area contributed by atoms with Gasteiger partial charge in [0.15, 0.2) is 5.13 Å². The van der Waals surface area contributed by atoms with Crippen LogP contribution < -0.4 is 4.90 Å². The molecule has 4 rings (SSSR count). The fourth-order valence-corrected chi connectivity index (χ4v) is 4.60. The van der Waals surface area contributed by atoms with E-state index >= 15 is 0 Å². The number of carbonyl (C=O) groups is 1. The van der Waals surface area contributed by atoms with Gasteiger partial charge in [0.1, 0.15) is 12.1 Å². The van der Waals surface area contributed by atoms with Crippen LogP contribution in [0.4, 0.5) is 5.13 Å². The molecule has 0 atom stereocenters. The number of hydrogen-bond donors (Lipinski definition) is 0. The van der Waals surface area contributed by atoms with Crippen LogP contribution in [-0.4, -0.2) is 58.0 Å². The maximum Gasteiger partial charge on any atom is 0.250 e. The molecule has 0 spiro atoms. The number of aryl methyl sites for hydroxylation is 1. The molecule has 0 bridgehead atoms. The summed E-state index contributed by atoms with van der Waals surface area (Å²) < 4.78 is 2.61. The van der Waals surface area contributed by atoms with Gasteiger partial charge in [0.2, 0.25) is 0 Å². The van der Waals surface area contributed by atoms with Crippen molar-refractivity contribution < 1.29 is 4.79 Å². The number of amides is 1. The second-order valence-electron chi connectivity index (χ2n) is 7.15. The van der Waals surface area contributed by atoms with Crippen molar-refractivity contribution in [3.05, 3.63) is 47.0 Å². The van der Waals surface area contributed by atoms with E-state index in [0.29, 0.717) is 16.7 Å². The molecule has 2 aromatic carbocycles. The van der Waals surface area contributed by atoms with E-state index in [9.17, 15) is 4.79 Å². The highest BCUT2D eigenvalue weighted by Gasteiger charge is 2.22. The van der Waals surface area contributed by atoms with Crippen LogP contribution in [0.25, 0.3) is 21.3 Å². The summed E-state index contributed by atoms with van der Waals surface area (Å²) in [5.41, 5.74) is 3.48. The van der Waals surface area contributed by atoms with Crippen LogP contribution >= 0.6 is 22.9 Å². The van der Waals surface area contributed by atoms with Crippen molar-refractivity contribution in [2.24, 2.45) is 0 Å². The summed E-state index contributed by atoms with van der Waals surface area (Å²) in [6.07, 6.45) is 0. The predicted molar refractivity (Wildman–Crippen MR) is 118 cm³/mol. The highest BCUT2D eigenvalue weighted by atomic mass is 35.5. The first-order valence-corrected chi connectivity index (χ1v) is 10.4. The Morgan fingerprint density at radius 3 is 2.79 bits per heavy atom. The molecule has 7 nitrogen and oxygen atoms in total. The van der Waals surface area contributed by atoms with Gasteiger partial charge >= 0.3 is 0 Å². The number of nitrogens with zero attached hydrogens (tertiary/aromatic N) is 6. The molecule has 0 saturated carbocycles. The third kappa shape index (κ3) is 4.10. The zero-order valence-corrected chi connectivity index (χ0v) is 18.0. The number of para-hydroxylation sites is 1. The van der Waals surface area contributed by atoms with Crippen LogP contribution in [-0.2, 0) is 11.3 Å². The van der Waals surface area contributed by atoms with Gasteiger partial charge in [0.05, 0.1) is 15.7 Å². The molecule has 0 fully saturated rings. The van der Waals surface area contributed by atoms with Crippen LogP contribution in [0.5, 0.6) is 0 Å². The van der Waals surface area contributed by atoms with Crippen LogP contribution in [0.1, 0.15) is 5.56 Å². The minimum atomic E-state index is -0.0784. The Morgan fingerprint density at radius 1 is 1.21 bits per heavy atom. The van der Waals surface area contributed by atoms with Gasteiger partial charge in [0.25, 0.3) is 5.91 Å². The van der Waals surface area contributed by atoms with Gasteiger partial charge in [-0.05, 0) is 50.8 Å². The Kier molecular flexibility index (Phi) is 5.49. The van der Waals surface area contributed by atoms with Crippen LogP contribution in [0.15, 0.2) is 36.4 Å². The molecule has 29 heavy (non-hydrogen) atoms. The molecule has 0 aliphatic heterocycles. The van der Waals surface area contributed by atoms with Gasteiger partial charge in [-0.1, -0.05) is 40.3 Å². The molecule has 4 aromatic rings. The molecule has 0 N–H and O–H groups in total. The number of carbonyl (C=O) groups excluding carboxylic acids is 1. The first-order chi connectivity index (χ1) is 13.9. The van der Waals surface area contributed by atoms with E-state index < -0.39 is 0 Å². The lowest BCUT2D eigenvalue weighted by molar-refractivity contribution is -0.119. The Balaban J connectivity index is 1.68. The summed E-state index contributed by atoms with van der Waals surface area (Å²) >= 11 is 7.68. The van der Waals surface area contributed by atoms with Crippen molar-refractivity contribution in [1.82, 2.24) is 24.9 Å². The van der Waals surface area contributed by atoms with Crippen LogP contribution in [0.3, 0.4) is 0 Å². The van der Waals surface area contributed by atoms with Crippen molar-refractivity contribution in [2.45, 2.75) is 13.5 Å². The number of benzene rings is 2. The minimum absolute atomic E-state index is 0.0784. The maximum absolute atomic E-state index is 13.3. The van der Waals surface area contributed by atoms with E-state index in [4.69, 9.17) is 16.6 Å². The van der Waals surface area contributed by atoms with Gasteiger partial charge in [-0.3, -0.25) is 9.69 Å². The van der Waals surface area contributed by atoms with Gasteiger partial charge in [0, 0.05) is 18.1 Å². The van der Waals surface area contributed by atoms with Gasteiger partial charge < -0.3 is 4.90 Å². The van der Waals surface area contributed by atoms with Gasteiger partial charge in [-0.25, -0.2) is 9.67 Å². The summed E-state index contributed by atoms with van der Waals surface area (Å²) in [5, 5.41) is 9.63. The minimum Gasteiger partial charge on any atom is -0.308 e. The molecule has 150 valence electrons. The fourth-order valence-electron chi connectivity index (χ4n) is 3.13. The van der Waals surface area contributed by atoms with E-state index in [0.717, 1.165) is 33.4 Å². The van der Waals surface area contributed by atoms with Crippen molar-refractivity contribution in [1.29, 1.82) is 0 Å². The molecule has 9 heteroatoms. The van der Waals surface area contributed by atoms with Crippen molar-refractivity contribution in [3.8, 4) is 0 Å². The van der Waals surface area contributed by atoms with E-state index in [1.807, 2.05) is 62.3 Å². The lowest BCUT2D eigenvalue weighted by atomic mass is 10.2. The zero-order chi connectivity index (χ0) is 20.5. The van der Waals surface area contributed by atoms with E-state index in [1.54, 1.807) is 9.58 Å². The number of fused-ring (bicyclic) bond motifs is 2. The predicted octanol–water partition coefficient (Wildman–Crippen LogP) is 3.60. The van der Waals surface area contributed by atoms with E-state index in [-0.39, 0.29) is 12.5 Å². The molecule has 0 aliphatic carbocycles. The quantitative estimate of drug-likeness (QED) is 0.469. The third-order valence-electron chi connectivity index (χ3n) is 4.65. The van der Waals surface area contributed by atoms with Crippen molar-refractivity contribution >= 4 is 55.2 Å². The average molecular weight is 429 g/mol.